The van der Waals surface area contributed by atoms with Crippen LogP contribution >= 0.6 is 11.3 Å². The predicted octanol–water partition coefficient (Wildman–Crippen LogP) is 3.53. The highest BCUT2D eigenvalue weighted by Crippen LogP contribution is 2.25. The monoisotopic (exact) mass is 310 g/mol. The Morgan fingerprint density at radius 3 is 2.71 bits per heavy atom. The Kier molecular flexibility index (Phi) is 3.89. The van der Waals surface area contributed by atoms with Crippen molar-refractivity contribution >= 4 is 27.5 Å². The Hall–Kier alpha value is -1.56. The second-order valence-electron chi connectivity index (χ2n) is 5.46. The normalized spacial score (nSPS) is 17.6. The quantitative estimate of drug-likeness (QED) is 0.793. The number of carbonyl (C=O) groups is 1. The van der Waals surface area contributed by atoms with E-state index in [-0.39, 0.29) is 17.3 Å². The van der Waals surface area contributed by atoms with Gasteiger partial charge in [-0.3, -0.25) is 4.79 Å². The minimum atomic E-state index is -0.629. The third-order valence-electron chi connectivity index (χ3n) is 3.98. The lowest BCUT2D eigenvalue weighted by Gasteiger charge is -2.17. The second kappa shape index (κ2) is 5.67. The fraction of sp³-hybridized carbons (Fsp3) is 0.467. The fourth-order valence-electron chi connectivity index (χ4n) is 2.84. The van der Waals surface area contributed by atoms with Gasteiger partial charge in [0.1, 0.15) is 5.82 Å². The molecule has 1 amide bonds. The van der Waals surface area contributed by atoms with Crippen LogP contribution in [0.3, 0.4) is 0 Å². The molecular weight excluding hydrogens is 294 g/mol. The number of nitrogens with zero attached hydrogens (tertiary/aromatic N) is 2. The molecule has 1 fully saturated rings. The van der Waals surface area contributed by atoms with Gasteiger partial charge < -0.3 is 4.57 Å². The number of halogens is 2. The molecule has 21 heavy (non-hydrogen) atoms. The Balaban J connectivity index is 2.03. The molecule has 0 atom stereocenters. The summed E-state index contributed by atoms with van der Waals surface area (Å²) in [5.74, 6) is -1.41. The Labute approximate surface area is 124 Å². The number of rotatable bonds is 1. The zero-order chi connectivity index (χ0) is 15.0. The first-order valence-electron chi connectivity index (χ1n) is 7.09. The first-order valence-corrected chi connectivity index (χ1v) is 7.91. The molecule has 1 heterocycles. The van der Waals surface area contributed by atoms with Gasteiger partial charge in [0.2, 0.25) is 0 Å². The van der Waals surface area contributed by atoms with Crippen molar-refractivity contribution in [2.45, 2.75) is 32.1 Å². The van der Waals surface area contributed by atoms with E-state index in [4.69, 9.17) is 0 Å². The molecule has 0 N–H and O–H groups in total. The number of thiazole rings is 1. The molecule has 3 nitrogen and oxygen atoms in total. The summed E-state index contributed by atoms with van der Waals surface area (Å²) in [6.07, 6.45) is 5.04. The maximum atomic E-state index is 13.8. The summed E-state index contributed by atoms with van der Waals surface area (Å²) < 4.78 is 29.1. The maximum absolute atomic E-state index is 13.8. The molecule has 1 aromatic heterocycles. The zero-order valence-corrected chi connectivity index (χ0v) is 12.6. The summed E-state index contributed by atoms with van der Waals surface area (Å²) in [5, 5.41) is 0. The lowest BCUT2D eigenvalue weighted by Crippen LogP contribution is -2.20. The average Bonchev–Trinajstić information content (AvgIpc) is 2.76. The topological polar surface area (TPSA) is 34.4 Å². The highest BCUT2D eigenvalue weighted by Gasteiger charge is 2.21. The standard InChI is InChI=1S/C15H16F2N2OS/c1-19-13-11(17)7-10(16)8-12(13)21-15(19)18-14(20)9-5-3-2-4-6-9/h7-9H,2-6H2,1H3. The molecule has 112 valence electrons. The van der Waals surface area contributed by atoms with E-state index in [0.717, 1.165) is 43.1 Å². The summed E-state index contributed by atoms with van der Waals surface area (Å²) in [4.78, 5) is 16.8. The summed E-state index contributed by atoms with van der Waals surface area (Å²) >= 11 is 1.14. The van der Waals surface area contributed by atoms with Gasteiger partial charge in [0, 0.05) is 19.0 Å². The number of hydrogen-bond acceptors (Lipinski definition) is 2. The summed E-state index contributed by atoms with van der Waals surface area (Å²) in [7, 11) is 1.65. The molecule has 6 heteroatoms. The highest BCUT2D eigenvalue weighted by molar-refractivity contribution is 7.16. The van der Waals surface area contributed by atoms with Gasteiger partial charge in [-0.05, 0) is 18.9 Å². The van der Waals surface area contributed by atoms with Crippen molar-refractivity contribution in [3.63, 3.8) is 0 Å². The third-order valence-corrected chi connectivity index (χ3v) is 5.06. The Morgan fingerprint density at radius 1 is 1.29 bits per heavy atom. The number of amides is 1. The molecule has 0 unspecified atom stereocenters. The van der Waals surface area contributed by atoms with Crippen molar-refractivity contribution in [1.29, 1.82) is 0 Å². The van der Waals surface area contributed by atoms with Crippen molar-refractivity contribution < 1.29 is 13.6 Å². The van der Waals surface area contributed by atoms with E-state index in [1.54, 1.807) is 7.05 Å². The highest BCUT2D eigenvalue weighted by atomic mass is 32.1. The maximum Gasteiger partial charge on any atom is 0.251 e. The summed E-state index contributed by atoms with van der Waals surface area (Å²) in [6, 6.07) is 2.12. The first-order chi connectivity index (χ1) is 10.1. The van der Waals surface area contributed by atoms with E-state index in [2.05, 4.69) is 4.99 Å². The molecule has 0 aliphatic heterocycles. The van der Waals surface area contributed by atoms with Crippen LogP contribution in [-0.4, -0.2) is 10.5 Å². The molecule has 1 saturated carbocycles. The first kappa shape index (κ1) is 14.4. The molecule has 0 saturated heterocycles. The number of hydrogen-bond donors (Lipinski definition) is 0. The average molecular weight is 310 g/mol. The van der Waals surface area contributed by atoms with Crippen molar-refractivity contribution in [2.24, 2.45) is 18.0 Å². The van der Waals surface area contributed by atoms with Crippen molar-refractivity contribution in [1.82, 2.24) is 4.57 Å². The Bertz CT molecular complexity index is 757. The van der Waals surface area contributed by atoms with Gasteiger partial charge in [-0.1, -0.05) is 30.6 Å². The molecule has 2 aromatic rings. The number of carbonyl (C=O) groups excluding carboxylic acids is 1. The van der Waals surface area contributed by atoms with Gasteiger partial charge in [-0.15, -0.1) is 0 Å². The Morgan fingerprint density at radius 2 is 2.00 bits per heavy atom. The molecule has 0 spiro atoms. The van der Waals surface area contributed by atoms with Gasteiger partial charge in [0.25, 0.3) is 5.91 Å². The van der Waals surface area contributed by atoms with Crippen LogP contribution in [0.15, 0.2) is 17.1 Å². The van der Waals surface area contributed by atoms with Gasteiger partial charge in [0.05, 0.1) is 10.2 Å². The number of fused-ring (bicyclic) bond motifs is 1. The molecule has 1 aromatic carbocycles. The van der Waals surface area contributed by atoms with Crippen LogP contribution in [0, 0.1) is 17.6 Å². The lowest BCUT2D eigenvalue weighted by atomic mass is 9.89. The molecule has 1 aliphatic carbocycles. The SMILES string of the molecule is Cn1c(=NC(=O)C2CCCCC2)sc2cc(F)cc(F)c21. The minimum absolute atomic E-state index is 0.0226. The van der Waals surface area contributed by atoms with Crippen molar-refractivity contribution in [2.75, 3.05) is 0 Å². The van der Waals surface area contributed by atoms with Crippen LogP contribution in [0.5, 0.6) is 0 Å². The van der Waals surface area contributed by atoms with Crippen molar-refractivity contribution in [3.8, 4) is 0 Å². The van der Waals surface area contributed by atoms with E-state index >= 15 is 0 Å². The zero-order valence-electron chi connectivity index (χ0n) is 11.7. The fourth-order valence-corrected chi connectivity index (χ4v) is 3.90. The summed E-state index contributed by atoms with van der Waals surface area (Å²) in [5.41, 5.74) is 0.289. The minimum Gasteiger partial charge on any atom is -0.317 e. The van der Waals surface area contributed by atoms with E-state index in [0.29, 0.717) is 9.50 Å². The van der Waals surface area contributed by atoms with Gasteiger partial charge in [-0.2, -0.15) is 4.99 Å². The smallest absolute Gasteiger partial charge is 0.251 e. The van der Waals surface area contributed by atoms with Gasteiger partial charge >= 0.3 is 0 Å². The van der Waals surface area contributed by atoms with Crippen LogP contribution in [0.4, 0.5) is 8.78 Å². The number of aromatic nitrogens is 1. The van der Waals surface area contributed by atoms with E-state index in [1.807, 2.05) is 0 Å². The van der Waals surface area contributed by atoms with Crippen LogP contribution in [0.25, 0.3) is 10.2 Å². The molecule has 3 rings (SSSR count). The third kappa shape index (κ3) is 2.77. The largest absolute Gasteiger partial charge is 0.317 e. The molecule has 0 radical (unpaired) electrons. The van der Waals surface area contributed by atoms with Crippen LogP contribution in [0.1, 0.15) is 32.1 Å². The van der Waals surface area contributed by atoms with E-state index in [1.165, 1.54) is 17.1 Å². The molecule has 0 bridgehead atoms. The van der Waals surface area contributed by atoms with Crippen LogP contribution in [0.2, 0.25) is 0 Å². The second-order valence-corrected chi connectivity index (χ2v) is 6.47. The molecule has 1 aliphatic rings. The molecular formula is C15H16F2N2OS. The van der Waals surface area contributed by atoms with Crippen molar-refractivity contribution in [3.05, 3.63) is 28.6 Å². The van der Waals surface area contributed by atoms with Crippen LogP contribution in [-0.2, 0) is 11.8 Å². The number of benzene rings is 1. The lowest BCUT2D eigenvalue weighted by molar-refractivity contribution is -0.122. The predicted molar refractivity (Wildman–Crippen MR) is 77.9 cm³/mol. The number of aryl methyl sites for hydroxylation is 1. The van der Waals surface area contributed by atoms with E-state index in [9.17, 15) is 13.6 Å². The summed E-state index contributed by atoms with van der Waals surface area (Å²) in [6.45, 7) is 0. The van der Waals surface area contributed by atoms with Crippen LogP contribution < -0.4 is 4.80 Å². The van der Waals surface area contributed by atoms with Gasteiger partial charge in [0.15, 0.2) is 10.6 Å². The van der Waals surface area contributed by atoms with Gasteiger partial charge in [-0.25, -0.2) is 8.78 Å². The van der Waals surface area contributed by atoms with E-state index < -0.39 is 11.6 Å².